The van der Waals surface area contributed by atoms with Gasteiger partial charge in [0.25, 0.3) is 0 Å². The molecule has 27 heavy (non-hydrogen) atoms. The summed E-state index contributed by atoms with van der Waals surface area (Å²) in [5.41, 5.74) is 1.91. The molecule has 1 heterocycles. The maximum Gasteiger partial charge on any atom is 0.344 e. The predicted octanol–water partition coefficient (Wildman–Crippen LogP) is 5.03. The molecule has 1 aliphatic heterocycles. The van der Waals surface area contributed by atoms with Gasteiger partial charge in [-0.25, -0.2) is 9.18 Å². The molecular formula is C21H33FO4Si. The maximum atomic E-state index is 14.7. The molecule has 6 heteroatoms. The largest absolute Gasteiger partial charge is 0.455 e. The highest BCUT2D eigenvalue weighted by Gasteiger charge is 2.54. The molecule has 0 aromatic heterocycles. The fourth-order valence-corrected chi connectivity index (χ4v) is 9.94. The molecule has 0 amide bonds. The lowest BCUT2D eigenvalue weighted by molar-refractivity contribution is -0.147. The van der Waals surface area contributed by atoms with E-state index in [4.69, 9.17) is 13.9 Å². The molecule has 1 fully saturated rings. The van der Waals surface area contributed by atoms with Crippen LogP contribution in [0.4, 0.5) is 4.39 Å². The number of hydrogen-bond donors (Lipinski definition) is 0. The Labute approximate surface area is 163 Å². The van der Waals surface area contributed by atoms with Crippen molar-refractivity contribution in [2.24, 2.45) is 0 Å². The molecule has 152 valence electrons. The first-order valence-electron chi connectivity index (χ1n) is 9.84. The summed E-state index contributed by atoms with van der Waals surface area (Å²) in [6.45, 7) is 13.3. The summed E-state index contributed by atoms with van der Waals surface area (Å²) in [7, 11) is -2.34. The minimum atomic E-state index is -2.34. The zero-order valence-electron chi connectivity index (χ0n) is 17.3. The summed E-state index contributed by atoms with van der Waals surface area (Å²) in [4.78, 5) is 11.9. The van der Waals surface area contributed by atoms with Crippen LogP contribution in [-0.2, 0) is 25.3 Å². The van der Waals surface area contributed by atoms with Crippen LogP contribution in [-0.4, -0.2) is 39.3 Å². The van der Waals surface area contributed by atoms with Gasteiger partial charge in [0.05, 0.1) is 13.2 Å². The molecular weight excluding hydrogens is 363 g/mol. The highest BCUT2D eigenvalue weighted by molar-refractivity contribution is 6.77. The summed E-state index contributed by atoms with van der Waals surface area (Å²) in [5.74, 6) is -0.840. The highest BCUT2D eigenvalue weighted by atomic mass is 28.4. The van der Waals surface area contributed by atoms with Crippen LogP contribution < -0.4 is 0 Å². The number of benzene rings is 1. The number of esters is 1. The summed E-state index contributed by atoms with van der Waals surface area (Å²) in [6, 6.07) is 9.73. The molecule has 1 saturated heterocycles. The predicted molar refractivity (Wildman–Crippen MR) is 107 cm³/mol. The van der Waals surface area contributed by atoms with Crippen molar-refractivity contribution in [3.05, 3.63) is 35.9 Å². The second-order valence-electron chi connectivity index (χ2n) is 8.28. The highest BCUT2D eigenvalue weighted by Crippen LogP contribution is 2.44. The van der Waals surface area contributed by atoms with Crippen LogP contribution in [0.15, 0.2) is 30.3 Å². The molecule has 4 nitrogen and oxygen atoms in total. The van der Waals surface area contributed by atoms with Crippen molar-refractivity contribution in [3.63, 3.8) is 0 Å². The number of rotatable bonds is 9. The standard InChI is InChI=1S/C21H33FO4Si/c1-14(2)27(15(3)4,16(5)6)26-20-18(25-21(23)19(20)22)13-24-12-17-10-8-7-9-11-17/h7-11,14-16,18-20H,12-13H2,1-6H3/t18-,19+,20-/m1/s1. The first-order chi connectivity index (χ1) is 12.7. The Balaban J connectivity index is 2.12. The van der Waals surface area contributed by atoms with E-state index in [0.29, 0.717) is 23.2 Å². The topological polar surface area (TPSA) is 44.8 Å². The van der Waals surface area contributed by atoms with Crippen molar-refractivity contribution >= 4 is 14.3 Å². The Morgan fingerprint density at radius 3 is 2.11 bits per heavy atom. The monoisotopic (exact) mass is 396 g/mol. The van der Waals surface area contributed by atoms with Crippen LogP contribution in [0.5, 0.6) is 0 Å². The number of halogens is 1. The molecule has 0 N–H and O–H groups in total. The van der Waals surface area contributed by atoms with E-state index in [-0.39, 0.29) is 6.61 Å². The summed E-state index contributed by atoms with van der Waals surface area (Å²) in [5, 5.41) is 0. The molecule has 1 aliphatic rings. The summed E-state index contributed by atoms with van der Waals surface area (Å²) < 4.78 is 32.2. The third kappa shape index (κ3) is 4.79. The Hall–Kier alpha value is -1.24. The number of alkyl halides is 1. The van der Waals surface area contributed by atoms with E-state index in [1.807, 2.05) is 30.3 Å². The third-order valence-electron chi connectivity index (χ3n) is 5.59. The van der Waals surface area contributed by atoms with Crippen LogP contribution in [0.1, 0.15) is 47.1 Å². The second kappa shape index (κ2) is 9.30. The number of hydrogen-bond acceptors (Lipinski definition) is 4. The molecule has 1 aromatic carbocycles. The molecule has 1 aromatic rings. The van der Waals surface area contributed by atoms with Gasteiger partial charge in [0, 0.05) is 0 Å². The van der Waals surface area contributed by atoms with Crippen LogP contribution in [0.3, 0.4) is 0 Å². The number of carbonyl (C=O) groups is 1. The Morgan fingerprint density at radius 2 is 1.59 bits per heavy atom. The van der Waals surface area contributed by atoms with Gasteiger partial charge in [-0.2, -0.15) is 0 Å². The van der Waals surface area contributed by atoms with E-state index in [9.17, 15) is 9.18 Å². The van der Waals surface area contributed by atoms with Crippen LogP contribution in [0, 0.1) is 0 Å². The molecule has 0 unspecified atom stereocenters. The van der Waals surface area contributed by atoms with Crippen LogP contribution in [0.2, 0.25) is 16.6 Å². The van der Waals surface area contributed by atoms with Crippen molar-refractivity contribution in [2.45, 2.75) is 83.2 Å². The zero-order chi connectivity index (χ0) is 20.2. The summed E-state index contributed by atoms with van der Waals surface area (Å²) >= 11 is 0. The van der Waals surface area contributed by atoms with Gasteiger partial charge in [-0.3, -0.25) is 0 Å². The van der Waals surface area contributed by atoms with Crippen molar-refractivity contribution in [1.82, 2.24) is 0 Å². The van der Waals surface area contributed by atoms with Gasteiger partial charge >= 0.3 is 5.97 Å². The van der Waals surface area contributed by atoms with Crippen LogP contribution >= 0.6 is 0 Å². The van der Waals surface area contributed by atoms with E-state index in [1.165, 1.54) is 0 Å². The van der Waals surface area contributed by atoms with Gasteiger partial charge in [-0.1, -0.05) is 71.9 Å². The SMILES string of the molecule is CC(C)[Si](O[C@H]1[C@H](F)C(=O)O[C@@H]1COCc1ccccc1)(C(C)C)C(C)C. The fourth-order valence-electron chi connectivity index (χ4n) is 4.38. The first-order valence-corrected chi connectivity index (χ1v) is 12.0. The summed E-state index contributed by atoms with van der Waals surface area (Å²) in [6.07, 6.45) is -3.36. The Morgan fingerprint density at radius 1 is 1.04 bits per heavy atom. The number of ether oxygens (including phenoxy) is 2. The van der Waals surface area contributed by atoms with Gasteiger partial charge in [0.15, 0.2) is 6.10 Å². The number of cyclic esters (lactones) is 1. The fraction of sp³-hybridized carbons (Fsp3) is 0.667. The lowest BCUT2D eigenvalue weighted by atomic mass is 10.2. The molecule has 0 aliphatic carbocycles. The van der Waals surface area contributed by atoms with Crippen molar-refractivity contribution in [1.29, 1.82) is 0 Å². The maximum absolute atomic E-state index is 14.7. The van der Waals surface area contributed by atoms with E-state index in [0.717, 1.165) is 5.56 Å². The molecule has 2 rings (SSSR count). The van der Waals surface area contributed by atoms with Crippen molar-refractivity contribution in [2.75, 3.05) is 6.61 Å². The minimum absolute atomic E-state index is 0.129. The lowest BCUT2D eigenvalue weighted by Gasteiger charge is -2.44. The van der Waals surface area contributed by atoms with Crippen molar-refractivity contribution < 1.29 is 23.1 Å². The first kappa shape index (κ1) is 22.1. The van der Waals surface area contributed by atoms with E-state index in [2.05, 4.69) is 41.5 Å². The zero-order valence-corrected chi connectivity index (χ0v) is 18.3. The van der Waals surface area contributed by atoms with E-state index >= 15 is 0 Å². The van der Waals surface area contributed by atoms with Crippen LogP contribution in [0.25, 0.3) is 0 Å². The second-order valence-corrected chi connectivity index (χ2v) is 13.7. The number of carbonyl (C=O) groups excluding carboxylic acids is 1. The van der Waals surface area contributed by atoms with Gasteiger partial charge < -0.3 is 13.9 Å². The molecule has 0 saturated carbocycles. The van der Waals surface area contributed by atoms with Gasteiger partial charge in [0.1, 0.15) is 6.10 Å². The van der Waals surface area contributed by atoms with E-state index < -0.39 is 32.7 Å². The Bertz CT molecular complexity index is 584. The average molecular weight is 397 g/mol. The van der Waals surface area contributed by atoms with Gasteiger partial charge in [-0.15, -0.1) is 0 Å². The quantitative estimate of drug-likeness (QED) is 0.434. The van der Waals surface area contributed by atoms with Crippen molar-refractivity contribution in [3.8, 4) is 0 Å². The molecule has 0 spiro atoms. The Kier molecular flexibility index (Phi) is 7.60. The molecule has 0 bridgehead atoms. The lowest BCUT2D eigenvalue weighted by Crippen LogP contribution is -2.53. The normalized spacial score (nSPS) is 23.5. The molecule has 0 radical (unpaired) electrons. The molecule has 3 atom stereocenters. The third-order valence-corrected chi connectivity index (χ3v) is 11.7. The van der Waals surface area contributed by atoms with Gasteiger partial charge in [0.2, 0.25) is 14.5 Å². The van der Waals surface area contributed by atoms with E-state index in [1.54, 1.807) is 0 Å². The smallest absolute Gasteiger partial charge is 0.344 e. The van der Waals surface area contributed by atoms with Gasteiger partial charge in [-0.05, 0) is 22.2 Å². The minimum Gasteiger partial charge on any atom is -0.455 e. The average Bonchev–Trinajstić information content (AvgIpc) is 2.86.